The lowest BCUT2D eigenvalue weighted by Gasteiger charge is -2.12. The van der Waals surface area contributed by atoms with Crippen LogP contribution in [0.15, 0.2) is 22.6 Å². The Kier molecular flexibility index (Phi) is 3.06. The monoisotopic (exact) mass is 279 g/mol. The first-order chi connectivity index (χ1) is 9.17. The Morgan fingerprint density at radius 3 is 3.21 bits per heavy atom. The summed E-state index contributed by atoms with van der Waals surface area (Å²) in [5.74, 6) is 0.0743. The van der Waals surface area contributed by atoms with Gasteiger partial charge in [-0.1, -0.05) is 11.6 Å². The van der Waals surface area contributed by atoms with Crippen LogP contribution < -0.4 is 10.2 Å². The number of anilines is 1. The van der Waals surface area contributed by atoms with E-state index in [4.69, 9.17) is 16.0 Å². The zero-order valence-corrected chi connectivity index (χ0v) is 11.3. The van der Waals surface area contributed by atoms with Crippen LogP contribution in [-0.4, -0.2) is 31.0 Å². The van der Waals surface area contributed by atoms with E-state index < -0.39 is 0 Å². The minimum atomic E-state index is 0.00333. The average Bonchev–Trinajstić information content (AvgIpc) is 3.03. The molecule has 1 fully saturated rings. The molecule has 1 unspecified atom stereocenters. The fraction of sp³-hybridized carbons (Fsp3) is 0.385. The molecule has 1 aromatic carbocycles. The van der Waals surface area contributed by atoms with Crippen molar-refractivity contribution < 1.29 is 9.21 Å². The molecule has 1 aliphatic rings. The summed E-state index contributed by atoms with van der Waals surface area (Å²) in [6, 6.07) is 5.92. The number of nitrogens with zero attached hydrogens (tertiary/aromatic N) is 2. The molecule has 1 N–H and O–H groups in total. The third-order valence-electron chi connectivity index (χ3n) is 3.42. The second kappa shape index (κ2) is 4.74. The van der Waals surface area contributed by atoms with Gasteiger partial charge in [-0.25, -0.2) is 0 Å². The molecule has 1 atom stereocenters. The van der Waals surface area contributed by atoms with Crippen molar-refractivity contribution in [2.24, 2.45) is 5.92 Å². The van der Waals surface area contributed by atoms with Gasteiger partial charge in [-0.05, 0) is 18.6 Å². The van der Waals surface area contributed by atoms with Crippen LogP contribution >= 0.6 is 11.6 Å². The number of halogens is 1. The highest BCUT2D eigenvalue weighted by atomic mass is 35.5. The summed E-state index contributed by atoms with van der Waals surface area (Å²) in [4.78, 5) is 18.0. The number of hydrogen-bond donors (Lipinski definition) is 1. The van der Waals surface area contributed by atoms with Crippen molar-refractivity contribution in [1.82, 2.24) is 10.3 Å². The molecule has 0 bridgehead atoms. The van der Waals surface area contributed by atoms with Crippen molar-refractivity contribution >= 4 is 34.6 Å². The fourth-order valence-electron chi connectivity index (χ4n) is 2.37. The number of amides is 1. The van der Waals surface area contributed by atoms with Crippen LogP contribution in [0.3, 0.4) is 0 Å². The van der Waals surface area contributed by atoms with Crippen molar-refractivity contribution in [3.63, 3.8) is 0 Å². The Morgan fingerprint density at radius 2 is 2.42 bits per heavy atom. The molecule has 1 aromatic heterocycles. The first-order valence-corrected chi connectivity index (χ1v) is 6.58. The minimum absolute atomic E-state index is 0.00333. The maximum absolute atomic E-state index is 11.6. The number of hydrogen-bond acceptors (Lipinski definition) is 4. The Balaban J connectivity index is 1.83. The molecule has 3 rings (SSSR count). The highest BCUT2D eigenvalue weighted by molar-refractivity contribution is 6.31. The number of oxazole rings is 1. The number of fused-ring (bicyclic) bond motifs is 1. The molecule has 2 aromatic rings. The lowest BCUT2D eigenvalue weighted by Crippen LogP contribution is -2.30. The fourth-order valence-corrected chi connectivity index (χ4v) is 2.54. The molecule has 0 radical (unpaired) electrons. The standard InChI is InChI=1S/C13H14ClN3O2/c1-15-12(18)8-4-5-17(7-8)13-16-10-3-2-9(14)6-11(10)19-13/h2-3,6,8H,4-5,7H2,1H3,(H,15,18). The number of rotatable bonds is 2. The molecule has 6 heteroatoms. The van der Waals surface area contributed by atoms with E-state index in [1.54, 1.807) is 19.2 Å². The Labute approximate surface area is 115 Å². The van der Waals surface area contributed by atoms with Gasteiger partial charge in [0.25, 0.3) is 6.01 Å². The molecule has 5 nitrogen and oxygen atoms in total. The van der Waals surface area contributed by atoms with Gasteiger partial charge in [0.15, 0.2) is 5.58 Å². The largest absolute Gasteiger partial charge is 0.423 e. The number of nitrogens with one attached hydrogen (secondary N) is 1. The van der Waals surface area contributed by atoms with E-state index in [1.807, 2.05) is 11.0 Å². The molecular weight excluding hydrogens is 266 g/mol. The normalized spacial score (nSPS) is 19.1. The minimum Gasteiger partial charge on any atom is -0.423 e. The van der Waals surface area contributed by atoms with Crippen molar-refractivity contribution in [3.8, 4) is 0 Å². The first kappa shape index (κ1) is 12.3. The molecule has 19 heavy (non-hydrogen) atoms. The van der Waals surface area contributed by atoms with Gasteiger partial charge in [-0.3, -0.25) is 4.79 Å². The SMILES string of the molecule is CNC(=O)C1CCN(c2nc3ccc(Cl)cc3o2)C1. The van der Waals surface area contributed by atoms with Gasteiger partial charge in [0.05, 0.1) is 5.92 Å². The highest BCUT2D eigenvalue weighted by Gasteiger charge is 2.30. The lowest BCUT2D eigenvalue weighted by molar-refractivity contribution is -0.123. The van der Waals surface area contributed by atoms with E-state index in [2.05, 4.69) is 10.3 Å². The van der Waals surface area contributed by atoms with E-state index in [-0.39, 0.29) is 11.8 Å². The zero-order valence-electron chi connectivity index (χ0n) is 10.5. The van der Waals surface area contributed by atoms with Gasteiger partial charge in [0, 0.05) is 31.2 Å². The number of aromatic nitrogens is 1. The third kappa shape index (κ3) is 2.26. The molecular formula is C13H14ClN3O2. The van der Waals surface area contributed by atoms with Gasteiger partial charge in [0.2, 0.25) is 5.91 Å². The van der Waals surface area contributed by atoms with Crippen LogP contribution in [0.1, 0.15) is 6.42 Å². The molecule has 0 spiro atoms. The second-order valence-electron chi connectivity index (χ2n) is 4.65. The lowest BCUT2D eigenvalue weighted by atomic mass is 10.1. The van der Waals surface area contributed by atoms with Crippen LogP contribution in [0, 0.1) is 5.92 Å². The number of carbonyl (C=O) groups excluding carboxylic acids is 1. The van der Waals surface area contributed by atoms with Crippen LogP contribution in [0.2, 0.25) is 5.02 Å². The van der Waals surface area contributed by atoms with Crippen molar-refractivity contribution in [3.05, 3.63) is 23.2 Å². The number of carbonyl (C=O) groups is 1. The average molecular weight is 280 g/mol. The van der Waals surface area contributed by atoms with Gasteiger partial charge in [-0.2, -0.15) is 4.98 Å². The van der Waals surface area contributed by atoms with Crippen molar-refractivity contribution in [1.29, 1.82) is 0 Å². The molecule has 2 heterocycles. The Morgan fingerprint density at radius 1 is 1.58 bits per heavy atom. The van der Waals surface area contributed by atoms with E-state index in [1.165, 1.54) is 0 Å². The molecule has 1 saturated heterocycles. The molecule has 100 valence electrons. The summed E-state index contributed by atoms with van der Waals surface area (Å²) in [5, 5.41) is 3.30. The third-order valence-corrected chi connectivity index (χ3v) is 3.65. The molecule has 0 saturated carbocycles. The second-order valence-corrected chi connectivity index (χ2v) is 5.09. The predicted molar refractivity (Wildman–Crippen MR) is 73.4 cm³/mol. The zero-order chi connectivity index (χ0) is 13.4. The number of benzene rings is 1. The molecule has 1 amide bonds. The summed E-state index contributed by atoms with van der Waals surface area (Å²) in [7, 11) is 1.66. The quantitative estimate of drug-likeness (QED) is 0.914. The van der Waals surface area contributed by atoms with Crippen molar-refractivity contribution in [2.45, 2.75) is 6.42 Å². The van der Waals surface area contributed by atoms with Crippen molar-refractivity contribution in [2.75, 3.05) is 25.0 Å². The first-order valence-electron chi connectivity index (χ1n) is 6.20. The maximum Gasteiger partial charge on any atom is 0.298 e. The summed E-state index contributed by atoms with van der Waals surface area (Å²) in [5.41, 5.74) is 1.45. The van der Waals surface area contributed by atoms with Gasteiger partial charge in [-0.15, -0.1) is 0 Å². The van der Waals surface area contributed by atoms with E-state index in [9.17, 15) is 4.79 Å². The molecule has 0 aliphatic carbocycles. The highest BCUT2D eigenvalue weighted by Crippen LogP contribution is 2.28. The maximum atomic E-state index is 11.6. The van der Waals surface area contributed by atoms with E-state index in [0.29, 0.717) is 23.2 Å². The van der Waals surface area contributed by atoms with Crippen LogP contribution in [0.25, 0.3) is 11.1 Å². The van der Waals surface area contributed by atoms with Crippen LogP contribution in [0.4, 0.5) is 6.01 Å². The van der Waals surface area contributed by atoms with E-state index in [0.717, 1.165) is 18.5 Å². The summed E-state index contributed by atoms with van der Waals surface area (Å²) < 4.78 is 5.69. The van der Waals surface area contributed by atoms with Gasteiger partial charge >= 0.3 is 0 Å². The summed E-state index contributed by atoms with van der Waals surface area (Å²) in [6.07, 6.45) is 0.819. The van der Waals surface area contributed by atoms with Gasteiger partial charge < -0.3 is 14.6 Å². The predicted octanol–water partition coefficient (Wildman–Crippen LogP) is 2.05. The summed E-state index contributed by atoms with van der Waals surface area (Å²) in [6.45, 7) is 1.42. The molecule has 1 aliphatic heterocycles. The van der Waals surface area contributed by atoms with Gasteiger partial charge in [0.1, 0.15) is 5.52 Å². The van der Waals surface area contributed by atoms with E-state index >= 15 is 0 Å². The Bertz CT molecular complexity index is 625. The summed E-state index contributed by atoms with van der Waals surface area (Å²) >= 11 is 5.92. The topological polar surface area (TPSA) is 58.4 Å². The van der Waals surface area contributed by atoms with Crippen LogP contribution in [0.5, 0.6) is 0 Å². The smallest absolute Gasteiger partial charge is 0.298 e. The van der Waals surface area contributed by atoms with Crippen LogP contribution in [-0.2, 0) is 4.79 Å². The Hall–Kier alpha value is -1.75.